The second kappa shape index (κ2) is 12.5. The fraction of sp³-hybridized carbons (Fsp3) is 0.667. The number of hydrogen-bond donors (Lipinski definition) is 1. The molecule has 0 atom stereocenters. The van der Waals surface area contributed by atoms with E-state index in [0.717, 1.165) is 13.0 Å². The molecule has 1 aromatic rings. The molecule has 4 heteroatoms. The van der Waals surface area contributed by atoms with Crippen LogP contribution in [0.2, 0.25) is 5.15 Å². The van der Waals surface area contributed by atoms with Crippen LogP contribution in [0, 0.1) is 0 Å². The Kier molecular flexibility index (Phi) is 10.7. The van der Waals surface area contributed by atoms with Crippen LogP contribution in [-0.2, 0) is 0 Å². The van der Waals surface area contributed by atoms with Crippen molar-refractivity contribution in [2.24, 2.45) is 0 Å². The molecule has 0 fully saturated rings. The standard InChI is InChI=1S/C18H29ClN2O/c1-2-3-4-5-6-7-8-9-10-11-14-20-18(22)16-12-13-17(19)21-15-16/h12-13,15H,2-11,14H2,1H3,(H,20,22). The van der Waals surface area contributed by atoms with E-state index in [4.69, 9.17) is 11.6 Å². The fourth-order valence-electron chi connectivity index (χ4n) is 2.43. The average Bonchev–Trinajstić information content (AvgIpc) is 2.53. The number of halogens is 1. The number of nitrogens with one attached hydrogen (secondary N) is 1. The zero-order valence-corrected chi connectivity index (χ0v) is 14.5. The van der Waals surface area contributed by atoms with E-state index in [-0.39, 0.29) is 5.91 Å². The van der Waals surface area contributed by atoms with Gasteiger partial charge in [-0.25, -0.2) is 4.98 Å². The van der Waals surface area contributed by atoms with Crippen molar-refractivity contribution in [2.45, 2.75) is 71.1 Å². The molecule has 0 bridgehead atoms. The molecular weight excluding hydrogens is 296 g/mol. The van der Waals surface area contributed by atoms with Crippen LogP contribution in [0.4, 0.5) is 0 Å². The number of rotatable bonds is 12. The van der Waals surface area contributed by atoms with E-state index >= 15 is 0 Å². The van der Waals surface area contributed by atoms with E-state index in [9.17, 15) is 4.79 Å². The van der Waals surface area contributed by atoms with Crippen molar-refractivity contribution in [1.29, 1.82) is 0 Å². The summed E-state index contributed by atoms with van der Waals surface area (Å²) in [5.74, 6) is -0.0694. The van der Waals surface area contributed by atoms with Crippen molar-refractivity contribution in [3.05, 3.63) is 29.0 Å². The Labute approximate surface area is 139 Å². The topological polar surface area (TPSA) is 42.0 Å². The van der Waals surface area contributed by atoms with Crippen molar-refractivity contribution in [1.82, 2.24) is 10.3 Å². The van der Waals surface area contributed by atoms with Crippen LogP contribution in [0.1, 0.15) is 81.5 Å². The van der Waals surface area contributed by atoms with Crippen molar-refractivity contribution < 1.29 is 4.79 Å². The summed E-state index contributed by atoms with van der Waals surface area (Å²) in [5.41, 5.74) is 0.566. The van der Waals surface area contributed by atoms with Crippen LogP contribution in [0.3, 0.4) is 0 Å². The molecule has 1 aromatic heterocycles. The largest absolute Gasteiger partial charge is 0.352 e. The molecule has 0 aliphatic heterocycles. The van der Waals surface area contributed by atoms with Gasteiger partial charge in [-0.05, 0) is 18.6 Å². The molecule has 22 heavy (non-hydrogen) atoms. The molecule has 0 saturated carbocycles. The van der Waals surface area contributed by atoms with E-state index in [2.05, 4.69) is 17.2 Å². The van der Waals surface area contributed by atoms with Gasteiger partial charge >= 0.3 is 0 Å². The lowest BCUT2D eigenvalue weighted by Crippen LogP contribution is -2.24. The van der Waals surface area contributed by atoms with Gasteiger partial charge in [0, 0.05) is 12.7 Å². The van der Waals surface area contributed by atoms with Crippen LogP contribution in [0.5, 0.6) is 0 Å². The Balaban J connectivity index is 1.93. The lowest BCUT2D eigenvalue weighted by atomic mass is 10.1. The van der Waals surface area contributed by atoms with Gasteiger partial charge in [-0.3, -0.25) is 4.79 Å². The fourth-order valence-corrected chi connectivity index (χ4v) is 2.54. The van der Waals surface area contributed by atoms with Gasteiger partial charge in [-0.15, -0.1) is 0 Å². The summed E-state index contributed by atoms with van der Waals surface area (Å²) >= 11 is 5.70. The predicted octanol–water partition coefficient (Wildman–Crippen LogP) is 5.39. The molecule has 0 spiro atoms. The predicted molar refractivity (Wildman–Crippen MR) is 93.4 cm³/mol. The summed E-state index contributed by atoms with van der Waals surface area (Å²) < 4.78 is 0. The summed E-state index contributed by atoms with van der Waals surface area (Å²) in [6.07, 6.45) is 14.5. The van der Waals surface area contributed by atoms with Gasteiger partial charge in [-0.2, -0.15) is 0 Å². The summed E-state index contributed by atoms with van der Waals surface area (Å²) in [4.78, 5) is 15.7. The van der Waals surface area contributed by atoms with E-state index in [1.54, 1.807) is 12.1 Å². The minimum Gasteiger partial charge on any atom is -0.352 e. The second-order valence-electron chi connectivity index (χ2n) is 5.81. The average molecular weight is 325 g/mol. The zero-order valence-electron chi connectivity index (χ0n) is 13.7. The minimum absolute atomic E-state index is 0.0694. The van der Waals surface area contributed by atoms with Crippen LogP contribution in [-0.4, -0.2) is 17.4 Å². The van der Waals surface area contributed by atoms with Crippen LogP contribution >= 0.6 is 11.6 Å². The molecular formula is C18H29ClN2O. The van der Waals surface area contributed by atoms with Gasteiger partial charge in [0.1, 0.15) is 5.15 Å². The number of amides is 1. The van der Waals surface area contributed by atoms with Crippen molar-refractivity contribution in [3.8, 4) is 0 Å². The van der Waals surface area contributed by atoms with Gasteiger partial charge in [0.05, 0.1) is 5.56 Å². The number of carbonyl (C=O) groups is 1. The number of carbonyl (C=O) groups excluding carboxylic acids is 1. The van der Waals surface area contributed by atoms with E-state index in [1.165, 1.54) is 64.0 Å². The zero-order chi connectivity index (χ0) is 16.0. The normalized spacial score (nSPS) is 10.6. The maximum absolute atomic E-state index is 11.8. The van der Waals surface area contributed by atoms with Crippen molar-refractivity contribution in [3.63, 3.8) is 0 Å². The van der Waals surface area contributed by atoms with Crippen LogP contribution in [0.15, 0.2) is 18.3 Å². The van der Waals surface area contributed by atoms with Gasteiger partial charge in [0.15, 0.2) is 0 Å². The van der Waals surface area contributed by atoms with Crippen LogP contribution in [0.25, 0.3) is 0 Å². The maximum atomic E-state index is 11.8. The second-order valence-corrected chi connectivity index (χ2v) is 6.19. The SMILES string of the molecule is CCCCCCCCCCCCNC(=O)c1ccc(Cl)nc1. The number of unbranched alkanes of at least 4 members (excludes halogenated alkanes) is 9. The third-order valence-electron chi connectivity index (χ3n) is 3.81. The number of hydrogen-bond acceptors (Lipinski definition) is 2. The highest BCUT2D eigenvalue weighted by atomic mass is 35.5. The Hall–Kier alpha value is -1.09. The summed E-state index contributed by atoms with van der Waals surface area (Å²) in [6.45, 7) is 2.99. The number of pyridine rings is 1. The molecule has 3 nitrogen and oxygen atoms in total. The van der Waals surface area contributed by atoms with E-state index in [1.807, 2.05) is 0 Å². The third-order valence-corrected chi connectivity index (χ3v) is 4.03. The first-order valence-corrected chi connectivity index (χ1v) is 9.01. The quantitative estimate of drug-likeness (QED) is 0.414. The first kappa shape index (κ1) is 19.0. The Morgan fingerprint density at radius 1 is 1.00 bits per heavy atom. The van der Waals surface area contributed by atoms with Gasteiger partial charge in [0.2, 0.25) is 0 Å². The highest BCUT2D eigenvalue weighted by Crippen LogP contribution is 2.10. The van der Waals surface area contributed by atoms with Crippen LogP contribution < -0.4 is 5.32 Å². The third kappa shape index (κ3) is 9.04. The first-order chi connectivity index (χ1) is 10.7. The van der Waals surface area contributed by atoms with Gasteiger partial charge in [-0.1, -0.05) is 76.3 Å². The van der Waals surface area contributed by atoms with E-state index in [0.29, 0.717) is 10.7 Å². The molecule has 124 valence electrons. The van der Waals surface area contributed by atoms with Gasteiger partial charge < -0.3 is 5.32 Å². The molecule has 0 radical (unpaired) electrons. The highest BCUT2D eigenvalue weighted by molar-refractivity contribution is 6.29. The van der Waals surface area contributed by atoms with Crippen molar-refractivity contribution in [2.75, 3.05) is 6.54 Å². The summed E-state index contributed by atoms with van der Waals surface area (Å²) in [5, 5.41) is 3.33. The Morgan fingerprint density at radius 2 is 1.59 bits per heavy atom. The molecule has 1 rings (SSSR count). The molecule has 0 aliphatic carbocycles. The molecule has 1 N–H and O–H groups in total. The number of aromatic nitrogens is 1. The highest BCUT2D eigenvalue weighted by Gasteiger charge is 2.04. The molecule has 0 aromatic carbocycles. The van der Waals surface area contributed by atoms with Crippen molar-refractivity contribution >= 4 is 17.5 Å². The molecule has 1 heterocycles. The lowest BCUT2D eigenvalue weighted by Gasteiger charge is -2.05. The van der Waals surface area contributed by atoms with Gasteiger partial charge in [0.25, 0.3) is 5.91 Å². The summed E-state index contributed by atoms with van der Waals surface area (Å²) in [7, 11) is 0. The minimum atomic E-state index is -0.0694. The Bertz CT molecular complexity index is 406. The molecule has 1 amide bonds. The summed E-state index contributed by atoms with van der Waals surface area (Å²) in [6, 6.07) is 3.33. The first-order valence-electron chi connectivity index (χ1n) is 8.63. The number of nitrogens with zero attached hydrogens (tertiary/aromatic N) is 1. The van der Waals surface area contributed by atoms with E-state index < -0.39 is 0 Å². The molecule has 0 saturated heterocycles. The Morgan fingerprint density at radius 3 is 2.14 bits per heavy atom. The smallest absolute Gasteiger partial charge is 0.252 e. The maximum Gasteiger partial charge on any atom is 0.252 e. The molecule has 0 aliphatic rings. The monoisotopic (exact) mass is 324 g/mol. The molecule has 0 unspecified atom stereocenters. The lowest BCUT2D eigenvalue weighted by molar-refractivity contribution is 0.0952.